The number of benzene rings is 2. The smallest absolute Gasteiger partial charge is 0.215 e. The highest BCUT2D eigenvalue weighted by Crippen LogP contribution is 2.51. The number of hydrazone groups is 1. The molecule has 0 aliphatic carbocycles. The summed E-state index contributed by atoms with van der Waals surface area (Å²) in [4.78, 5) is 4.24. The summed E-state index contributed by atoms with van der Waals surface area (Å²) in [5, 5.41) is 17.3. The first-order valence-electron chi connectivity index (χ1n) is 9.66. The first-order valence-corrected chi connectivity index (χ1v) is 9.66. The van der Waals surface area contributed by atoms with Crippen LogP contribution in [0.1, 0.15) is 35.4 Å². The van der Waals surface area contributed by atoms with Gasteiger partial charge in [0.1, 0.15) is 11.5 Å². The lowest BCUT2D eigenvalue weighted by Gasteiger charge is -2.38. The van der Waals surface area contributed by atoms with Gasteiger partial charge in [0.25, 0.3) is 0 Å². The standard InChI is InChI=1S/C23H21N3O4/c1-28-15-8-9-20(27)17(11-15)18-12-19-16-6-3-7-21(29-2)22(16)30-23(26(19)25-18)14-5-4-10-24-13-14/h3-11,13,19,23,27H,12H2,1-2H3. The van der Waals surface area contributed by atoms with Gasteiger partial charge >= 0.3 is 0 Å². The van der Waals surface area contributed by atoms with Crippen LogP contribution in [-0.4, -0.2) is 35.0 Å². The molecule has 0 spiro atoms. The zero-order chi connectivity index (χ0) is 20.7. The van der Waals surface area contributed by atoms with E-state index in [2.05, 4.69) is 4.98 Å². The normalized spacial score (nSPS) is 19.4. The summed E-state index contributed by atoms with van der Waals surface area (Å²) in [6.07, 6.45) is 3.66. The van der Waals surface area contributed by atoms with Gasteiger partial charge in [0, 0.05) is 35.5 Å². The minimum absolute atomic E-state index is 0.0605. The van der Waals surface area contributed by atoms with Crippen LogP contribution in [0.4, 0.5) is 0 Å². The van der Waals surface area contributed by atoms with E-state index in [1.807, 2.05) is 35.3 Å². The van der Waals surface area contributed by atoms with E-state index in [0.717, 1.165) is 16.8 Å². The number of para-hydroxylation sites is 1. The Hall–Kier alpha value is -3.74. The molecule has 7 heteroatoms. The van der Waals surface area contributed by atoms with Crippen molar-refractivity contribution < 1.29 is 19.3 Å². The Bertz CT molecular complexity index is 1120. The van der Waals surface area contributed by atoms with Gasteiger partial charge < -0.3 is 19.3 Å². The van der Waals surface area contributed by atoms with E-state index in [-0.39, 0.29) is 11.8 Å². The SMILES string of the molecule is COc1ccc(O)c(C2=NN3C(C2)c2cccc(OC)c2OC3c2cccnc2)c1. The number of fused-ring (bicyclic) bond motifs is 3. The highest BCUT2D eigenvalue weighted by Gasteiger charge is 2.42. The van der Waals surface area contributed by atoms with Gasteiger partial charge in [-0.2, -0.15) is 5.10 Å². The van der Waals surface area contributed by atoms with Gasteiger partial charge in [-0.05, 0) is 30.3 Å². The minimum Gasteiger partial charge on any atom is -0.507 e. The zero-order valence-electron chi connectivity index (χ0n) is 16.6. The molecule has 30 heavy (non-hydrogen) atoms. The second-order valence-corrected chi connectivity index (χ2v) is 7.16. The van der Waals surface area contributed by atoms with Crippen molar-refractivity contribution in [1.82, 2.24) is 9.99 Å². The predicted molar refractivity (Wildman–Crippen MR) is 111 cm³/mol. The number of ether oxygens (including phenoxy) is 3. The number of hydrogen-bond acceptors (Lipinski definition) is 7. The van der Waals surface area contributed by atoms with Crippen molar-refractivity contribution in [2.75, 3.05) is 14.2 Å². The molecular formula is C23H21N3O4. The van der Waals surface area contributed by atoms with E-state index < -0.39 is 6.23 Å². The second kappa shape index (κ2) is 7.26. The van der Waals surface area contributed by atoms with Crippen molar-refractivity contribution in [1.29, 1.82) is 0 Å². The van der Waals surface area contributed by atoms with Gasteiger partial charge in [0.15, 0.2) is 11.5 Å². The number of hydrogen-bond donors (Lipinski definition) is 1. The summed E-state index contributed by atoms with van der Waals surface area (Å²) in [7, 11) is 3.24. The Morgan fingerprint density at radius 3 is 2.77 bits per heavy atom. The van der Waals surface area contributed by atoms with Gasteiger partial charge in [0.05, 0.1) is 26.0 Å². The number of nitrogens with zero attached hydrogens (tertiary/aromatic N) is 3. The number of methoxy groups -OCH3 is 2. The van der Waals surface area contributed by atoms with Crippen molar-refractivity contribution in [3.05, 3.63) is 77.6 Å². The van der Waals surface area contributed by atoms with Gasteiger partial charge in [-0.1, -0.05) is 18.2 Å². The Kier molecular flexibility index (Phi) is 4.43. The number of phenolic OH excluding ortho intramolecular Hbond substituents is 1. The molecule has 1 aromatic heterocycles. The average molecular weight is 403 g/mol. The molecule has 0 amide bonds. The van der Waals surface area contributed by atoms with Crippen LogP contribution < -0.4 is 14.2 Å². The van der Waals surface area contributed by atoms with E-state index in [4.69, 9.17) is 19.3 Å². The van der Waals surface area contributed by atoms with Gasteiger partial charge in [-0.15, -0.1) is 0 Å². The highest BCUT2D eigenvalue weighted by molar-refractivity contribution is 6.04. The molecule has 3 aromatic rings. The molecule has 0 saturated heterocycles. The van der Waals surface area contributed by atoms with Crippen molar-refractivity contribution in [2.45, 2.75) is 18.7 Å². The maximum Gasteiger partial charge on any atom is 0.215 e. The lowest BCUT2D eigenvalue weighted by Crippen LogP contribution is -2.33. The van der Waals surface area contributed by atoms with Crippen molar-refractivity contribution in [3.8, 4) is 23.0 Å². The van der Waals surface area contributed by atoms with E-state index in [9.17, 15) is 5.11 Å². The summed E-state index contributed by atoms with van der Waals surface area (Å²) in [5.41, 5.74) is 3.30. The van der Waals surface area contributed by atoms with Crippen LogP contribution in [-0.2, 0) is 0 Å². The van der Waals surface area contributed by atoms with Gasteiger partial charge in [-0.25, -0.2) is 5.01 Å². The molecule has 0 fully saturated rings. The quantitative estimate of drug-likeness (QED) is 0.708. The fourth-order valence-corrected chi connectivity index (χ4v) is 4.02. The van der Waals surface area contributed by atoms with Crippen molar-refractivity contribution >= 4 is 5.71 Å². The van der Waals surface area contributed by atoms with Crippen LogP contribution in [0.2, 0.25) is 0 Å². The molecule has 1 N–H and O–H groups in total. The zero-order valence-corrected chi connectivity index (χ0v) is 16.6. The average Bonchev–Trinajstić information content (AvgIpc) is 3.24. The van der Waals surface area contributed by atoms with Crippen molar-refractivity contribution in [3.63, 3.8) is 0 Å². The van der Waals surface area contributed by atoms with Crippen LogP contribution >= 0.6 is 0 Å². The Balaban J connectivity index is 1.63. The summed E-state index contributed by atoms with van der Waals surface area (Å²) in [6.45, 7) is 0. The van der Waals surface area contributed by atoms with Crippen LogP contribution in [0.5, 0.6) is 23.0 Å². The van der Waals surface area contributed by atoms with Crippen LogP contribution in [0.3, 0.4) is 0 Å². The number of rotatable bonds is 4. The molecule has 0 bridgehead atoms. The second-order valence-electron chi connectivity index (χ2n) is 7.16. The van der Waals surface area contributed by atoms with Gasteiger partial charge in [-0.3, -0.25) is 4.98 Å². The molecule has 2 aliphatic heterocycles. The molecule has 152 valence electrons. The third kappa shape index (κ3) is 2.90. The highest BCUT2D eigenvalue weighted by atomic mass is 16.5. The first kappa shape index (κ1) is 18.3. The first-order chi connectivity index (χ1) is 14.7. The summed E-state index contributed by atoms with van der Waals surface area (Å²) in [5.74, 6) is 2.22. The van der Waals surface area contributed by atoms with Crippen LogP contribution in [0, 0.1) is 0 Å². The molecule has 3 heterocycles. The third-order valence-electron chi connectivity index (χ3n) is 5.48. The molecule has 0 radical (unpaired) electrons. The van der Waals surface area contributed by atoms with Crippen LogP contribution in [0.25, 0.3) is 0 Å². The molecule has 5 rings (SSSR count). The number of aromatic hydroxyl groups is 1. The lowest BCUT2D eigenvalue weighted by molar-refractivity contribution is -0.0211. The topological polar surface area (TPSA) is 76.4 Å². The minimum atomic E-state index is -0.460. The maximum atomic E-state index is 10.5. The van der Waals surface area contributed by atoms with Crippen molar-refractivity contribution in [2.24, 2.45) is 5.10 Å². The summed E-state index contributed by atoms with van der Waals surface area (Å²) >= 11 is 0. The molecule has 2 aliphatic rings. The molecule has 7 nitrogen and oxygen atoms in total. The fourth-order valence-electron chi connectivity index (χ4n) is 4.02. The van der Waals surface area contributed by atoms with Crippen LogP contribution in [0.15, 0.2) is 66.0 Å². The summed E-state index contributed by atoms with van der Waals surface area (Å²) < 4.78 is 17.3. The number of aromatic nitrogens is 1. The monoisotopic (exact) mass is 403 g/mol. The maximum absolute atomic E-state index is 10.5. The Morgan fingerprint density at radius 2 is 2.00 bits per heavy atom. The lowest BCUT2D eigenvalue weighted by atomic mass is 9.95. The van der Waals surface area contributed by atoms with E-state index in [1.165, 1.54) is 0 Å². The molecule has 2 unspecified atom stereocenters. The molecule has 2 aromatic carbocycles. The van der Waals surface area contributed by atoms with E-state index in [0.29, 0.717) is 29.2 Å². The predicted octanol–water partition coefficient (Wildman–Crippen LogP) is 4.05. The third-order valence-corrected chi connectivity index (χ3v) is 5.48. The number of pyridine rings is 1. The fraction of sp³-hybridized carbons (Fsp3) is 0.217. The summed E-state index contributed by atoms with van der Waals surface area (Å²) in [6, 6.07) is 14.8. The largest absolute Gasteiger partial charge is 0.507 e. The Morgan fingerprint density at radius 1 is 1.10 bits per heavy atom. The molecular weight excluding hydrogens is 382 g/mol. The molecule has 0 saturated carbocycles. The van der Waals surface area contributed by atoms with E-state index in [1.54, 1.807) is 44.8 Å². The number of phenols is 1. The van der Waals surface area contributed by atoms with E-state index >= 15 is 0 Å². The molecule has 2 atom stereocenters. The van der Waals surface area contributed by atoms with Gasteiger partial charge in [0.2, 0.25) is 6.23 Å². The Labute approximate surface area is 174 Å².